The molecule has 7 heteroatoms. The monoisotopic (exact) mass is 393 g/mol. The largest absolute Gasteiger partial charge is 0.364 e. The topological polar surface area (TPSA) is 75.9 Å². The van der Waals surface area contributed by atoms with Crippen LogP contribution in [0.3, 0.4) is 0 Å². The van der Waals surface area contributed by atoms with Gasteiger partial charge in [-0.2, -0.15) is 0 Å². The normalized spacial score (nSPS) is 29.9. The zero-order valence-corrected chi connectivity index (χ0v) is 16.5. The SMILES string of the molecule is CN1C(=O)CO[C@@H]2CN(C(=O)C3(N)CCCC3)CC[C@]21c1ccccc1.Cl. The Bertz CT molecular complexity index is 708. The van der Waals surface area contributed by atoms with Gasteiger partial charge in [0.05, 0.1) is 11.1 Å². The molecule has 0 unspecified atom stereocenters. The molecule has 6 nitrogen and oxygen atoms in total. The number of morpholine rings is 1. The highest BCUT2D eigenvalue weighted by atomic mass is 35.5. The highest BCUT2D eigenvalue weighted by molar-refractivity contribution is 5.87. The first-order valence-electron chi connectivity index (χ1n) is 9.49. The van der Waals surface area contributed by atoms with Crippen molar-refractivity contribution in [2.75, 3.05) is 26.7 Å². The summed E-state index contributed by atoms with van der Waals surface area (Å²) in [5.41, 5.74) is 6.22. The molecule has 0 spiro atoms. The smallest absolute Gasteiger partial charge is 0.249 e. The number of carbonyl (C=O) groups is 2. The van der Waals surface area contributed by atoms with Crippen LogP contribution >= 0.6 is 12.4 Å². The first-order valence-corrected chi connectivity index (χ1v) is 9.49. The maximum Gasteiger partial charge on any atom is 0.249 e. The van der Waals surface area contributed by atoms with Crippen LogP contribution in [0.25, 0.3) is 0 Å². The number of carbonyl (C=O) groups excluding carboxylic acids is 2. The van der Waals surface area contributed by atoms with Gasteiger partial charge in [-0.05, 0) is 24.8 Å². The molecule has 2 aliphatic heterocycles. The fourth-order valence-corrected chi connectivity index (χ4v) is 4.94. The lowest BCUT2D eigenvalue weighted by atomic mass is 9.76. The third kappa shape index (κ3) is 3.13. The fraction of sp³-hybridized carbons (Fsp3) is 0.600. The van der Waals surface area contributed by atoms with Gasteiger partial charge in [-0.15, -0.1) is 12.4 Å². The van der Waals surface area contributed by atoms with E-state index in [4.69, 9.17) is 10.5 Å². The van der Waals surface area contributed by atoms with E-state index in [1.165, 1.54) is 0 Å². The molecule has 2 atom stereocenters. The maximum atomic E-state index is 13.0. The number of hydrogen-bond acceptors (Lipinski definition) is 4. The number of halogens is 1. The molecular formula is C20H28ClN3O3. The van der Waals surface area contributed by atoms with Crippen molar-refractivity contribution in [2.45, 2.75) is 49.3 Å². The van der Waals surface area contributed by atoms with E-state index in [1.54, 1.807) is 0 Å². The second kappa shape index (κ2) is 7.41. The highest BCUT2D eigenvalue weighted by Crippen LogP contribution is 2.43. The van der Waals surface area contributed by atoms with Gasteiger partial charge < -0.3 is 20.3 Å². The van der Waals surface area contributed by atoms with Crippen molar-refractivity contribution in [3.05, 3.63) is 35.9 Å². The summed E-state index contributed by atoms with van der Waals surface area (Å²) in [6.07, 6.45) is 3.97. The molecule has 0 bridgehead atoms. The Morgan fingerprint density at radius 1 is 1.19 bits per heavy atom. The molecule has 1 saturated carbocycles. The van der Waals surface area contributed by atoms with Crippen LogP contribution in [0.1, 0.15) is 37.7 Å². The average Bonchev–Trinajstić information content (AvgIpc) is 3.12. The summed E-state index contributed by atoms with van der Waals surface area (Å²) in [5, 5.41) is 0. The first kappa shape index (κ1) is 20.1. The summed E-state index contributed by atoms with van der Waals surface area (Å²) < 4.78 is 5.97. The number of fused-ring (bicyclic) bond motifs is 1. The van der Waals surface area contributed by atoms with Crippen LogP contribution in [-0.4, -0.2) is 60.0 Å². The lowest BCUT2D eigenvalue weighted by molar-refractivity contribution is -0.185. The number of likely N-dealkylation sites (N-methyl/N-ethyl adjacent to an activating group) is 1. The molecule has 1 aromatic carbocycles. The summed E-state index contributed by atoms with van der Waals surface area (Å²) in [7, 11) is 1.85. The van der Waals surface area contributed by atoms with Crippen LogP contribution in [0, 0.1) is 0 Å². The molecular weight excluding hydrogens is 366 g/mol. The van der Waals surface area contributed by atoms with Crippen LogP contribution in [0.2, 0.25) is 0 Å². The summed E-state index contributed by atoms with van der Waals surface area (Å²) in [6.45, 7) is 1.13. The van der Waals surface area contributed by atoms with E-state index in [0.29, 0.717) is 19.5 Å². The first-order chi connectivity index (χ1) is 12.5. The van der Waals surface area contributed by atoms with E-state index in [0.717, 1.165) is 31.2 Å². The van der Waals surface area contributed by atoms with Crippen LogP contribution in [0.15, 0.2) is 30.3 Å². The second-order valence-corrected chi connectivity index (χ2v) is 7.91. The molecule has 3 fully saturated rings. The third-order valence-corrected chi connectivity index (χ3v) is 6.54. The average molecular weight is 394 g/mol. The summed E-state index contributed by atoms with van der Waals surface area (Å²) in [6, 6.07) is 10.0. The Hall–Kier alpha value is -1.63. The van der Waals surface area contributed by atoms with E-state index >= 15 is 0 Å². The zero-order valence-electron chi connectivity index (χ0n) is 15.7. The molecule has 1 aliphatic carbocycles. The van der Waals surface area contributed by atoms with Crippen molar-refractivity contribution in [1.29, 1.82) is 0 Å². The molecule has 0 radical (unpaired) electrons. The van der Waals surface area contributed by atoms with Gasteiger partial charge in [-0.3, -0.25) is 9.59 Å². The predicted octanol–water partition coefficient (Wildman–Crippen LogP) is 1.66. The Kier molecular flexibility index (Phi) is 5.52. The Labute approximate surface area is 166 Å². The standard InChI is InChI=1S/C20H27N3O3.ClH/c1-22-17(24)14-26-16-13-23(18(25)19(21)9-5-6-10-19)12-11-20(16,22)15-7-3-2-4-8-15;/h2-4,7-8,16H,5-6,9-14,21H2,1H3;1H/t16-,20+;/m1./s1. The van der Waals surface area contributed by atoms with E-state index in [9.17, 15) is 9.59 Å². The number of likely N-dealkylation sites (tertiary alicyclic amines) is 1. The highest BCUT2D eigenvalue weighted by Gasteiger charge is 2.54. The van der Waals surface area contributed by atoms with Crippen LogP contribution in [0.4, 0.5) is 0 Å². The van der Waals surface area contributed by atoms with Gasteiger partial charge in [0.1, 0.15) is 12.7 Å². The molecule has 27 heavy (non-hydrogen) atoms. The summed E-state index contributed by atoms with van der Waals surface area (Å²) in [5.74, 6) is 0.0239. The number of ether oxygens (including phenoxy) is 1. The molecule has 148 valence electrons. The minimum atomic E-state index is -0.719. The van der Waals surface area contributed by atoms with Gasteiger partial charge in [0.25, 0.3) is 0 Å². The van der Waals surface area contributed by atoms with E-state index in [-0.39, 0.29) is 36.9 Å². The second-order valence-electron chi connectivity index (χ2n) is 7.91. The number of benzene rings is 1. The number of piperidine rings is 1. The quantitative estimate of drug-likeness (QED) is 0.829. The van der Waals surface area contributed by atoms with Crippen molar-refractivity contribution in [3.63, 3.8) is 0 Å². The molecule has 3 aliphatic rings. The van der Waals surface area contributed by atoms with E-state index in [1.807, 2.05) is 47.2 Å². The number of hydrogen-bond donors (Lipinski definition) is 1. The van der Waals surface area contributed by atoms with Gasteiger partial charge in [-0.25, -0.2) is 0 Å². The summed E-state index contributed by atoms with van der Waals surface area (Å²) >= 11 is 0. The van der Waals surface area contributed by atoms with Crippen LogP contribution in [0.5, 0.6) is 0 Å². The van der Waals surface area contributed by atoms with Gasteiger partial charge in [-0.1, -0.05) is 43.2 Å². The number of rotatable bonds is 2. The fourth-order valence-electron chi connectivity index (χ4n) is 4.94. The van der Waals surface area contributed by atoms with E-state index < -0.39 is 11.1 Å². The predicted molar refractivity (Wildman–Crippen MR) is 104 cm³/mol. The van der Waals surface area contributed by atoms with Crippen molar-refractivity contribution < 1.29 is 14.3 Å². The molecule has 2 amide bonds. The Morgan fingerprint density at radius 3 is 2.52 bits per heavy atom. The van der Waals surface area contributed by atoms with Gasteiger partial charge in [0, 0.05) is 20.1 Å². The van der Waals surface area contributed by atoms with Gasteiger partial charge in [0.15, 0.2) is 0 Å². The molecule has 4 rings (SSSR count). The minimum Gasteiger partial charge on any atom is -0.364 e. The molecule has 1 aromatic rings. The lowest BCUT2D eigenvalue weighted by Crippen LogP contribution is -2.69. The number of nitrogens with two attached hydrogens (primary N) is 1. The van der Waals surface area contributed by atoms with Gasteiger partial charge >= 0.3 is 0 Å². The van der Waals surface area contributed by atoms with Crippen molar-refractivity contribution in [3.8, 4) is 0 Å². The maximum absolute atomic E-state index is 13.0. The number of amides is 2. The molecule has 2 N–H and O–H groups in total. The van der Waals surface area contributed by atoms with E-state index in [2.05, 4.69) is 0 Å². The Balaban J connectivity index is 0.00000210. The van der Waals surface area contributed by atoms with Gasteiger partial charge in [0.2, 0.25) is 11.8 Å². The molecule has 0 aromatic heterocycles. The summed E-state index contributed by atoms with van der Waals surface area (Å²) in [4.78, 5) is 29.1. The minimum absolute atomic E-state index is 0. The van der Waals surface area contributed by atoms with Crippen LogP contribution < -0.4 is 5.73 Å². The molecule has 2 saturated heterocycles. The molecule has 2 heterocycles. The number of nitrogens with zero attached hydrogens (tertiary/aromatic N) is 2. The van der Waals surface area contributed by atoms with Crippen molar-refractivity contribution in [2.24, 2.45) is 5.73 Å². The third-order valence-electron chi connectivity index (χ3n) is 6.54. The Morgan fingerprint density at radius 2 is 1.85 bits per heavy atom. The van der Waals surface area contributed by atoms with Crippen molar-refractivity contribution >= 4 is 24.2 Å². The lowest BCUT2D eigenvalue weighted by Gasteiger charge is -2.55. The van der Waals surface area contributed by atoms with Crippen LogP contribution in [-0.2, 0) is 19.9 Å². The van der Waals surface area contributed by atoms with Crippen molar-refractivity contribution in [1.82, 2.24) is 9.80 Å². The zero-order chi connectivity index (χ0) is 18.4.